The minimum Gasteiger partial charge on any atom is -0.394 e. The molecule has 1 aromatic carbocycles. The van der Waals surface area contributed by atoms with E-state index >= 15 is 0 Å². The average molecular weight is 287 g/mol. The molecule has 0 spiro atoms. The van der Waals surface area contributed by atoms with E-state index in [2.05, 4.69) is 5.32 Å². The number of benzene rings is 1. The Hall–Kier alpha value is -1.07. The number of hydrogen-bond acceptors (Lipinski definition) is 2. The quantitative estimate of drug-likeness (QED) is 0.889. The van der Waals surface area contributed by atoms with Crippen LogP contribution in [0.3, 0.4) is 0 Å². The van der Waals surface area contributed by atoms with Crippen LogP contribution < -0.4 is 5.32 Å². The summed E-state index contributed by atoms with van der Waals surface area (Å²) >= 11 is 0. The summed E-state index contributed by atoms with van der Waals surface area (Å²) in [5.74, 6) is 0. The zero-order valence-corrected chi connectivity index (χ0v) is 11.5. The lowest BCUT2D eigenvalue weighted by Gasteiger charge is -2.33. The first-order valence-electron chi connectivity index (χ1n) is 6.91. The van der Waals surface area contributed by atoms with Crippen molar-refractivity contribution in [2.45, 2.75) is 50.4 Å². The normalized spacial score (nSPS) is 20.1. The van der Waals surface area contributed by atoms with Crippen LogP contribution in [0.1, 0.15) is 43.7 Å². The second-order valence-corrected chi connectivity index (χ2v) is 5.69. The zero-order chi connectivity index (χ0) is 14.8. The van der Waals surface area contributed by atoms with Gasteiger partial charge in [0.2, 0.25) is 0 Å². The van der Waals surface area contributed by atoms with Gasteiger partial charge in [-0.05, 0) is 37.5 Å². The molecular weight excluding hydrogens is 267 g/mol. The number of nitrogens with one attached hydrogen (secondary N) is 1. The van der Waals surface area contributed by atoms with Crippen LogP contribution in [-0.2, 0) is 11.7 Å². The molecule has 2 nitrogen and oxygen atoms in total. The molecule has 5 heteroatoms. The number of rotatable bonds is 4. The monoisotopic (exact) mass is 287 g/mol. The molecule has 0 aromatic heterocycles. The Morgan fingerprint density at radius 1 is 1.10 bits per heavy atom. The van der Waals surface area contributed by atoms with Crippen molar-refractivity contribution in [1.29, 1.82) is 0 Å². The van der Waals surface area contributed by atoms with Gasteiger partial charge in [-0.15, -0.1) is 0 Å². The lowest BCUT2D eigenvalue weighted by Crippen LogP contribution is -2.47. The minimum atomic E-state index is -4.33. The van der Waals surface area contributed by atoms with Gasteiger partial charge in [0.15, 0.2) is 0 Å². The van der Waals surface area contributed by atoms with Crippen LogP contribution in [0.15, 0.2) is 24.3 Å². The first kappa shape index (κ1) is 15.3. The molecule has 1 aromatic rings. The van der Waals surface area contributed by atoms with Gasteiger partial charge in [-0.1, -0.05) is 25.0 Å². The van der Waals surface area contributed by atoms with Gasteiger partial charge in [0, 0.05) is 6.04 Å². The molecule has 1 atom stereocenters. The van der Waals surface area contributed by atoms with E-state index < -0.39 is 17.3 Å². The molecule has 0 saturated heterocycles. The summed E-state index contributed by atoms with van der Waals surface area (Å²) in [5, 5.41) is 13.0. The van der Waals surface area contributed by atoms with E-state index in [0.29, 0.717) is 11.6 Å². The highest BCUT2D eigenvalue weighted by Crippen LogP contribution is 2.31. The van der Waals surface area contributed by atoms with Crippen LogP contribution in [0.4, 0.5) is 13.2 Å². The Balaban J connectivity index is 2.17. The second kappa shape index (κ2) is 5.74. The Morgan fingerprint density at radius 3 is 2.05 bits per heavy atom. The highest BCUT2D eigenvalue weighted by atomic mass is 19.4. The van der Waals surface area contributed by atoms with Crippen molar-refractivity contribution >= 4 is 0 Å². The van der Waals surface area contributed by atoms with Crippen molar-refractivity contribution in [2.75, 3.05) is 6.61 Å². The molecule has 0 aliphatic heterocycles. The number of aliphatic hydroxyl groups is 1. The first-order chi connectivity index (χ1) is 9.35. The fourth-order valence-electron chi connectivity index (χ4n) is 2.77. The van der Waals surface area contributed by atoms with Crippen molar-refractivity contribution in [3.8, 4) is 0 Å². The SMILES string of the molecule is CC(CO)(NC1CCCC1)c1ccc(C(F)(F)F)cc1. The smallest absolute Gasteiger partial charge is 0.394 e. The van der Waals surface area contributed by atoms with Crippen molar-refractivity contribution < 1.29 is 18.3 Å². The third-order valence-electron chi connectivity index (χ3n) is 4.04. The fraction of sp³-hybridized carbons (Fsp3) is 0.600. The first-order valence-corrected chi connectivity index (χ1v) is 6.91. The largest absolute Gasteiger partial charge is 0.416 e. The average Bonchev–Trinajstić information content (AvgIpc) is 2.90. The van der Waals surface area contributed by atoms with Crippen LogP contribution >= 0.6 is 0 Å². The van der Waals surface area contributed by atoms with Crippen LogP contribution in [0.2, 0.25) is 0 Å². The molecule has 20 heavy (non-hydrogen) atoms. The molecule has 0 radical (unpaired) electrons. The number of aliphatic hydroxyl groups excluding tert-OH is 1. The maximum Gasteiger partial charge on any atom is 0.416 e. The number of alkyl halides is 3. The molecule has 0 bridgehead atoms. The van der Waals surface area contributed by atoms with Gasteiger partial charge in [0.25, 0.3) is 0 Å². The topological polar surface area (TPSA) is 32.3 Å². The third-order valence-corrected chi connectivity index (χ3v) is 4.04. The van der Waals surface area contributed by atoms with E-state index in [4.69, 9.17) is 0 Å². The molecule has 2 rings (SSSR count). The summed E-state index contributed by atoms with van der Waals surface area (Å²) in [6.07, 6.45) is 0.0951. The van der Waals surface area contributed by atoms with Gasteiger partial charge in [0.1, 0.15) is 0 Å². The molecule has 1 aliphatic rings. The van der Waals surface area contributed by atoms with Gasteiger partial charge < -0.3 is 10.4 Å². The van der Waals surface area contributed by atoms with Crippen LogP contribution in [0.25, 0.3) is 0 Å². The molecule has 0 heterocycles. The molecule has 1 fully saturated rings. The van der Waals surface area contributed by atoms with Crippen LogP contribution in [-0.4, -0.2) is 17.8 Å². The third kappa shape index (κ3) is 3.33. The van der Waals surface area contributed by atoms with E-state index in [9.17, 15) is 18.3 Å². The summed E-state index contributed by atoms with van der Waals surface area (Å²) in [6.45, 7) is 1.68. The molecular formula is C15H20F3NO. The Labute approximate surface area is 117 Å². The van der Waals surface area contributed by atoms with E-state index in [1.54, 1.807) is 0 Å². The summed E-state index contributed by atoms with van der Waals surface area (Å²) in [6, 6.07) is 5.36. The molecule has 1 aliphatic carbocycles. The maximum atomic E-state index is 12.6. The lowest BCUT2D eigenvalue weighted by atomic mass is 9.91. The molecule has 1 saturated carbocycles. The van der Waals surface area contributed by atoms with Crippen molar-refractivity contribution in [3.63, 3.8) is 0 Å². The van der Waals surface area contributed by atoms with Crippen LogP contribution in [0, 0.1) is 0 Å². The second-order valence-electron chi connectivity index (χ2n) is 5.69. The van der Waals surface area contributed by atoms with Gasteiger partial charge in [-0.2, -0.15) is 13.2 Å². The van der Waals surface area contributed by atoms with Gasteiger partial charge in [0.05, 0.1) is 17.7 Å². The standard InChI is InChI=1S/C15H20F3NO/c1-14(10-20,19-13-4-2-3-5-13)11-6-8-12(9-7-11)15(16,17)18/h6-9,13,19-20H,2-5,10H2,1H3. The lowest BCUT2D eigenvalue weighted by molar-refractivity contribution is -0.137. The van der Waals surface area contributed by atoms with E-state index in [0.717, 1.165) is 37.8 Å². The Kier molecular flexibility index (Phi) is 4.39. The fourth-order valence-corrected chi connectivity index (χ4v) is 2.77. The van der Waals surface area contributed by atoms with Crippen molar-refractivity contribution in [2.24, 2.45) is 0 Å². The molecule has 0 amide bonds. The number of halogens is 3. The minimum absolute atomic E-state index is 0.144. The molecule has 112 valence electrons. The van der Waals surface area contributed by atoms with Gasteiger partial charge in [-0.25, -0.2) is 0 Å². The predicted molar refractivity (Wildman–Crippen MR) is 71.3 cm³/mol. The Bertz CT molecular complexity index is 437. The maximum absolute atomic E-state index is 12.6. The van der Waals surface area contributed by atoms with Gasteiger partial charge in [-0.3, -0.25) is 0 Å². The highest BCUT2D eigenvalue weighted by Gasteiger charge is 2.33. The van der Waals surface area contributed by atoms with Crippen molar-refractivity contribution in [1.82, 2.24) is 5.32 Å². The van der Waals surface area contributed by atoms with Crippen LogP contribution in [0.5, 0.6) is 0 Å². The van der Waals surface area contributed by atoms with Crippen molar-refractivity contribution in [3.05, 3.63) is 35.4 Å². The summed E-state index contributed by atoms with van der Waals surface area (Å²) in [4.78, 5) is 0. The Morgan fingerprint density at radius 2 is 1.60 bits per heavy atom. The summed E-state index contributed by atoms with van der Waals surface area (Å²) in [5.41, 5.74) is -0.679. The van der Waals surface area contributed by atoms with Gasteiger partial charge >= 0.3 is 6.18 Å². The summed E-state index contributed by atoms with van der Waals surface area (Å²) in [7, 11) is 0. The number of hydrogen-bond donors (Lipinski definition) is 2. The summed E-state index contributed by atoms with van der Waals surface area (Å²) < 4.78 is 37.7. The highest BCUT2D eigenvalue weighted by molar-refractivity contribution is 5.30. The predicted octanol–water partition coefficient (Wildman–Crippen LogP) is 3.45. The molecule has 2 N–H and O–H groups in total. The van der Waals surface area contributed by atoms with E-state index in [-0.39, 0.29) is 6.61 Å². The van der Waals surface area contributed by atoms with E-state index in [1.165, 1.54) is 12.1 Å². The zero-order valence-electron chi connectivity index (χ0n) is 11.5. The van der Waals surface area contributed by atoms with E-state index in [1.807, 2.05) is 6.92 Å². The molecule has 1 unspecified atom stereocenters.